The summed E-state index contributed by atoms with van der Waals surface area (Å²) in [6.45, 7) is 1.77. The molecule has 0 aliphatic carbocycles. The van der Waals surface area contributed by atoms with Crippen molar-refractivity contribution in [1.29, 1.82) is 0 Å². The van der Waals surface area contributed by atoms with Gasteiger partial charge in [0, 0.05) is 5.69 Å². The molecule has 0 saturated carbocycles. The highest BCUT2D eigenvalue weighted by Crippen LogP contribution is 2.31. The van der Waals surface area contributed by atoms with Gasteiger partial charge in [-0.25, -0.2) is 9.38 Å². The summed E-state index contributed by atoms with van der Waals surface area (Å²) in [6, 6.07) is 18.1. The van der Waals surface area contributed by atoms with Crippen molar-refractivity contribution < 1.29 is 18.7 Å². The van der Waals surface area contributed by atoms with Crippen molar-refractivity contribution >= 4 is 57.8 Å². The number of amidine groups is 1. The van der Waals surface area contributed by atoms with Gasteiger partial charge in [0.05, 0.1) is 15.6 Å². The summed E-state index contributed by atoms with van der Waals surface area (Å²) in [4.78, 5) is 29.2. The van der Waals surface area contributed by atoms with Crippen molar-refractivity contribution in [1.82, 2.24) is 5.32 Å². The van der Waals surface area contributed by atoms with Gasteiger partial charge >= 0.3 is 0 Å². The molecule has 9 heteroatoms. The number of amides is 2. The predicted octanol–water partition coefficient (Wildman–Crippen LogP) is 5.70. The predicted molar refractivity (Wildman–Crippen MR) is 134 cm³/mol. The van der Waals surface area contributed by atoms with Crippen LogP contribution in [0.3, 0.4) is 0 Å². The van der Waals surface area contributed by atoms with Crippen molar-refractivity contribution in [2.45, 2.75) is 6.92 Å². The zero-order chi connectivity index (χ0) is 24.1. The number of ether oxygens (including phenoxy) is 1. The monoisotopic (exact) mass is 495 g/mol. The molecule has 1 aliphatic heterocycles. The number of aliphatic imine (C=N–C) groups is 1. The first-order valence-corrected chi connectivity index (χ1v) is 11.4. The topological polar surface area (TPSA) is 79.8 Å². The first kappa shape index (κ1) is 23.5. The summed E-state index contributed by atoms with van der Waals surface area (Å²) < 4.78 is 18.6. The van der Waals surface area contributed by atoms with Crippen LogP contribution in [0.15, 0.2) is 76.6 Å². The number of anilines is 1. The molecule has 1 aliphatic rings. The smallest absolute Gasteiger partial charge is 0.264 e. The second kappa shape index (κ2) is 10.5. The van der Waals surface area contributed by atoms with Crippen LogP contribution < -0.4 is 15.4 Å². The quantitative estimate of drug-likeness (QED) is 0.430. The Hall–Kier alpha value is -3.62. The van der Waals surface area contributed by atoms with Gasteiger partial charge in [-0.2, -0.15) is 0 Å². The summed E-state index contributed by atoms with van der Waals surface area (Å²) in [7, 11) is 0. The lowest BCUT2D eigenvalue weighted by Crippen LogP contribution is -2.20. The number of benzene rings is 3. The summed E-state index contributed by atoms with van der Waals surface area (Å²) in [5.41, 5.74) is 2.99. The molecule has 4 rings (SSSR count). The Bertz CT molecular complexity index is 1290. The van der Waals surface area contributed by atoms with E-state index in [2.05, 4.69) is 15.6 Å². The summed E-state index contributed by atoms with van der Waals surface area (Å²) in [5.74, 6) is -0.609. The molecule has 2 amide bonds. The number of halogens is 2. The van der Waals surface area contributed by atoms with Crippen molar-refractivity contribution in [3.8, 4) is 5.75 Å². The molecule has 1 saturated heterocycles. The average Bonchev–Trinajstić information content (AvgIpc) is 3.14. The average molecular weight is 496 g/mol. The van der Waals surface area contributed by atoms with Crippen molar-refractivity contribution in [2.75, 3.05) is 11.9 Å². The van der Waals surface area contributed by atoms with E-state index in [-0.39, 0.29) is 24.2 Å². The van der Waals surface area contributed by atoms with Crippen LogP contribution in [0.5, 0.6) is 5.75 Å². The van der Waals surface area contributed by atoms with Crippen LogP contribution in [0.1, 0.15) is 11.1 Å². The third-order valence-corrected chi connectivity index (χ3v) is 5.86. The van der Waals surface area contributed by atoms with Crippen molar-refractivity contribution in [3.63, 3.8) is 0 Å². The first-order chi connectivity index (χ1) is 16.4. The molecule has 1 fully saturated rings. The lowest BCUT2D eigenvalue weighted by Gasteiger charge is -2.09. The molecule has 6 nitrogen and oxygen atoms in total. The number of carbonyl (C=O) groups excluding carboxylic acids is 2. The van der Waals surface area contributed by atoms with E-state index in [0.29, 0.717) is 37.8 Å². The molecule has 0 radical (unpaired) electrons. The summed E-state index contributed by atoms with van der Waals surface area (Å²) >= 11 is 7.48. The molecule has 34 heavy (non-hydrogen) atoms. The van der Waals surface area contributed by atoms with E-state index in [1.54, 1.807) is 24.3 Å². The standard InChI is InChI=1S/C25H19ClFN3O3S/c1-15-2-7-18(8-3-15)28-23(31)14-33-21-11-4-16(12-20(21)26)13-22-24(32)30-25(34-22)29-19-9-5-17(27)6-10-19/h2-13H,14H2,1H3,(H,28,31)(H,29,30,32)/b22-13+. The molecule has 0 spiro atoms. The fourth-order valence-corrected chi connectivity index (χ4v) is 4.05. The van der Waals surface area contributed by atoms with Gasteiger partial charge in [0.2, 0.25) is 0 Å². The Kier molecular flexibility index (Phi) is 7.30. The minimum atomic E-state index is -0.358. The van der Waals surface area contributed by atoms with Gasteiger partial charge in [0.25, 0.3) is 11.8 Å². The third-order valence-electron chi connectivity index (χ3n) is 4.66. The van der Waals surface area contributed by atoms with Gasteiger partial charge < -0.3 is 15.4 Å². The van der Waals surface area contributed by atoms with E-state index >= 15 is 0 Å². The summed E-state index contributed by atoms with van der Waals surface area (Å²) in [5, 5.41) is 6.14. The lowest BCUT2D eigenvalue weighted by molar-refractivity contribution is -0.118. The molecule has 3 aromatic rings. The second-order valence-corrected chi connectivity index (χ2v) is 8.79. The van der Waals surface area contributed by atoms with Gasteiger partial charge in [-0.1, -0.05) is 35.4 Å². The van der Waals surface area contributed by atoms with Gasteiger partial charge in [-0.3, -0.25) is 9.59 Å². The Labute approximate surface area is 204 Å². The van der Waals surface area contributed by atoms with E-state index in [0.717, 1.165) is 5.56 Å². The van der Waals surface area contributed by atoms with Gasteiger partial charge in [-0.05, 0) is 78.9 Å². The molecule has 0 atom stereocenters. The van der Waals surface area contributed by atoms with Crippen LogP contribution in [0, 0.1) is 12.7 Å². The van der Waals surface area contributed by atoms with Crippen LogP contribution in [0.25, 0.3) is 6.08 Å². The normalized spacial score (nSPS) is 15.4. The highest BCUT2D eigenvalue weighted by atomic mass is 35.5. The molecule has 2 N–H and O–H groups in total. The van der Waals surface area contributed by atoms with E-state index in [1.165, 1.54) is 36.0 Å². The van der Waals surface area contributed by atoms with E-state index < -0.39 is 0 Å². The molecule has 1 heterocycles. The fourth-order valence-electron chi connectivity index (χ4n) is 2.97. The Balaban J connectivity index is 1.37. The molecule has 3 aromatic carbocycles. The van der Waals surface area contributed by atoms with Crippen LogP contribution in [0.4, 0.5) is 15.8 Å². The number of nitrogens with one attached hydrogen (secondary N) is 2. The molecule has 0 bridgehead atoms. The van der Waals surface area contributed by atoms with Gasteiger partial charge in [0.1, 0.15) is 11.6 Å². The Morgan fingerprint density at radius 2 is 1.88 bits per heavy atom. The zero-order valence-corrected chi connectivity index (χ0v) is 19.5. The highest BCUT2D eigenvalue weighted by Gasteiger charge is 2.24. The van der Waals surface area contributed by atoms with Crippen LogP contribution in [-0.4, -0.2) is 23.6 Å². The maximum atomic E-state index is 13.0. The number of rotatable bonds is 6. The molecule has 0 aromatic heterocycles. The van der Waals surface area contributed by atoms with E-state index in [9.17, 15) is 14.0 Å². The molecule has 172 valence electrons. The first-order valence-electron chi connectivity index (χ1n) is 10.2. The van der Waals surface area contributed by atoms with Crippen LogP contribution >= 0.6 is 23.4 Å². The summed E-state index contributed by atoms with van der Waals surface area (Å²) in [6.07, 6.45) is 1.67. The number of aryl methyl sites for hydroxylation is 1. The Morgan fingerprint density at radius 3 is 2.59 bits per heavy atom. The van der Waals surface area contributed by atoms with E-state index in [4.69, 9.17) is 16.3 Å². The Morgan fingerprint density at radius 1 is 1.15 bits per heavy atom. The number of hydrogen-bond acceptors (Lipinski definition) is 5. The molecular formula is C25H19ClFN3O3S. The van der Waals surface area contributed by atoms with Crippen LogP contribution in [-0.2, 0) is 9.59 Å². The van der Waals surface area contributed by atoms with Crippen LogP contribution in [0.2, 0.25) is 5.02 Å². The highest BCUT2D eigenvalue weighted by molar-refractivity contribution is 8.18. The lowest BCUT2D eigenvalue weighted by atomic mass is 10.2. The number of nitrogens with zero attached hydrogens (tertiary/aromatic N) is 1. The minimum Gasteiger partial charge on any atom is -0.482 e. The molecular weight excluding hydrogens is 477 g/mol. The minimum absolute atomic E-state index is 0.199. The zero-order valence-electron chi connectivity index (χ0n) is 18.0. The van der Waals surface area contributed by atoms with Crippen molar-refractivity contribution in [2.24, 2.45) is 4.99 Å². The maximum absolute atomic E-state index is 13.0. The fraction of sp³-hybridized carbons (Fsp3) is 0.0800. The number of hydrogen-bond donors (Lipinski definition) is 2. The van der Waals surface area contributed by atoms with Gasteiger partial charge in [-0.15, -0.1) is 0 Å². The largest absolute Gasteiger partial charge is 0.482 e. The van der Waals surface area contributed by atoms with Gasteiger partial charge in [0.15, 0.2) is 11.8 Å². The number of thioether (sulfide) groups is 1. The third kappa shape index (κ3) is 6.24. The maximum Gasteiger partial charge on any atom is 0.264 e. The molecule has 0 unspecified atom stereocenters. The van der Waals surface area contributed by atoms with E-state index in [1.807, 2.05) is 31.2 Å². The van der Waals surface area contributed by atoms with Crippen molar-refractivity contribution in [3.05, 3.63) is 93.6 Å². The SMILES string of the molecule is Cc1ccc(NC(=O)COc2ccc(/C=C3/SC(=Nc4ccc(F)cc4)NC3=O)cc2Cl)cc1. The number of carbonyl (C=O) groups is 2. The second-order valence-electron chi connectivity index (χ2n) is 7.35.